The molecule has 1 aromatic heterocycles. The summed E-state index contributed by atoms with van der Waals surface area (Å²) in [5.74, 6) is 0. The van der Waals surface area contributed by atoms with Crippen molar-refractivity contribution in [1.29, 1.82) is 5.26 Å². The van der Waals surface area contributed by atoms with Gasteiger partial charge in [0.25, 0.3) is 0 Å². The zero-order valence-electron chi connectivity index (χ0n) is 9.31. The van der Waals surface area contributed by atoms with E-state index in [4.69, 9.17) is 16.9 Å². The number of anilines is 1. The lowest BCUT2D eigenvalue weighted by molar-refractivity contribution is 0.767. The fourth-order valence-electron chi connectivity index (χ4n) is 1.49. The molecule has 0 radical (unpaired) electrons. The minimum atomic E-state index is 0.586. The maximum Gasteiger partial charge on any atom is 0.0992 e. The second kappa shape index (κ2) is 4.89. The molecule has 0 fully saturated rings. The van der Waals surface area contributed by atoms with Crippen LogP contribution in [0.5, 0.6) is 0 Å². The molecule has 1 heterocycles. The number of aryl methyl sites for hydroxylation is 1. The summed E-state index contributed by atoms with van der Waals surface area (Å²) >= 11 is 6.03. The van der Waals surface area contributed by atoms with Crippen LogP contribution in [0.25, 0.3) is 0 Å². The summed E-state index contributed by atoms with van der Waals surface area (Å²) in [6, 6.07) is 7.22. The second-order valence-corrected chi connectivity index (χ2v) is 4.09. The Morgan fingerprint density at radius 2 is 2.35 bits per heavy atom. The number of nitrogens with one attached hydrogen (secondary N) is 1. The van der Waals surface area contributed by atoms with Crippen molar-refractivity contribution < 1.29 is 0 Å². The van der Waals surface area contributed by atoms with E-state index < -0.39 is 0 Å². The molecule has 86 valence electrons. The predicted octanol–water partition coefficient (Wildman–Crippen LogP) is 2.56. The van der Waals surface area contributed by atoms with Gasteiger partial charge in [0.05, 0.1) is 28.5 Å². The number of rotatable bonds is 3. The van der Waals surface area contributed by atoms with Crippen LogP contribution < -0.4 is 5.32 Å². The van der Waals surface area contributed by atoms with Gasteiger partial charge in [-0.3, -0.25) is 4.68 Å². The van der Waals surface area contributed by atoms with Crippen molar-refractivity contribution in [3.8, 4) is 6.07 Å². The molecule has 4 nitrogen and oxygen atoms in total. The van der Waals surface area contributed by atoms with Crippen molar-refractivity contribution in [3.05, 3.63) is 46.7 Å². The Kier molecular flexibility index (Phi) is 3.31. The molecule has 0 spiro atoms. The number of hydrogen-bond acceptors (Lipinski definition) is 3. The molecule has 17 heavy (non-hydrogen) atoms. The SMILES string of the molecule is Cn1cc(CNc2cc(C#N)ccc2Cl)cn1. The summed E-state index contributed by atoms with van der Waals surface area (Å²) in [5, 5.41) is 16.7. The predicted molar refractivity (Wildman–Crippen MR) is 66.7 cm³/mol. The van der Waals surface area contributed by atoms with Gasteiger partial charge in [0.1, 0.15) is 0 Å². The molecule has 1 N–H and O–H groups in total. The lowest BCUT2D eigenvalue weighted by atomic mass is 10.2. The Hall–Kier alpha value is -1.99. The van der Waals surface area contributed by atoms with Gasteiger partial charge in [-0.15, -0.1) is 0 Å². The fourth-order valence-corrected chi connectivity index (χ4v) is 1.68. The lowest BCUT2D eigenvalue weighted by Gasteiger charge is -2.07. The van der Waals surface area contributed by atoms with Crippen molar-refractivity contribution in [2.24, 2.45) is 7.05 Å². The lowest BCUT2D eigenvalue weighted by Crippen LogP contribution is -1.99. The Bertz CT molecular complexity index is 568. The first kappa shape index (κ1) is 11.5. The molecular weight excluding hydrogens is 236 g/mol. The van der Waals surface area contributed by atoms with Gasteiger partial charge < -0.3 is 5.32 Å². The van der Waals surface area contributed by atoms with E-state index in [1.807, 2.05) is 13.2 Å². The first-order valence-corrected chi connectivity index (χ1v) is 5.48. The van der Waals surface area contributed by atoms with Crippen molar-refractivity contribution in [1.82, 2.24) is 9.78 Å². The molecule has 2 rings (SSSR count). The van der Waals surface area contributed by atoms with Gasteiger partial charge in [-0.2, -0.15) is 10.4 Å². The third kappa shape index (κ3) is 2.77. The summed E-state index contributed by atoms with van der Waals surface area (Å²) in [5.41, 5.74) is 2.41. The molecule has 0 atom stereocenters. The standard InChI is InChI=1S/C12H11ClN4/c1-17-8-10(7-16-17)6-15-12-4-9(5-14)2-3-11(12)13/h2-4,7-8,15H,6H2,1H3. The van der Waals surface area contributed by atoms with E-state index in [2.05, 4.69) is 16.5 Å². The first-order chi connectivity index (χ1) is 8.19. The molecule has 5 heteroatoms. The van der Waals surface area contributed by atoms with Gasteiger partial charge in [0.2, 0.25) is 0 Å². The minimum absolute atomic E-state index is 0.586. The molecule has 0 unspecified atom stereocenters. The van der Waals surface area contributed by atoms with Crippen LogP contribution in [0.3, 0.4) is 0 Å². The summed E-state index contributed by atoms with van der Waals surface area (Å²) in [7, 11) is 1.87. The van der Waals surface area contributed by atoms with Gasteiger partial charge in [-0.25, -0.2) is 0 Å². The van der Waals surface area contributed by atoms with E-state index in [1.54, 1.807) is 29.1 Å². The van der Waals surface area contributed by atoms with Gasteiger partial charge in [0.15, 0.2) is 0 Å². The molecule has 0 aliphatic rings. The fraction of sp³-hybridized carbons (Fsp3) is 0.167. The Balaban J connectivity index is 2.11. The van der Waals surface area contributed by atoms with Crippen molar-refractivity contribution >= 4 is 17.3 Å². The maximum atomic E-state index is 8.81. The molecule has 0 aliphatic heterocycles. The smallest absolute Gasteiger partial charge is 0.0992 e. The average Bonchev–Trinajstić information content (AvgIpc) is 2.74. The van der Waals surface area contributed by atoms with E-state index in [1.165, 1.54) is 0 Å². The highest BCUT2D eigenvalue weighted by Crippen LogP contribution is 2.23. The number of nitriles is 1. The quantitative estimate of drug-likeness (QED) is 0.906. The molecule has 0 bridgehead atoms. The molecule has 1 aromatic carbocycles. The summed E-state index contributed by atoms with van der Waals surface area (Å²) in [6.45, 7) is 0.627. The first-order valence-electron chi connectivity index (χ1n) is 5.10. The second-order valence-electron chi connectivity index (χ2n) is 3.68. The van der Waals surface area contributed by atoms with Crippen LogP contribution in [0.15, 0.2) is 30.6 Å². The van der Waals surface area contributed by atoms with Gasteiger partial charge in [-0.1, -0.05) is 11.6 Å². The van der Waals surface area contributed by atoms with Crippen molar-refractivity contribution in [2.75, 3.05) is 5.32 Å². The normalized spacial score (nSPS) is 9.94. The summed E-state index contributed by atoms with van der Waals surface area (Å²) < 4.78 is 1.74. The summed E-state index contributed by atoms with van der Waals surface area (Å²) in [4.78, 5) is 0. The molecule has 0 saturated heterocycles. The molecule has 0 saturated carbocycles. The zero-order chi connectivity index (χ0) is 12.3. The number of nitrogens with zero attached hydrogens (tertiary/aromatic N) is 3. The number of hydrogen-bond donors (Lipinski definition) is 1. The van der Waals surface area contributed by atoms with Crippen molar-refractivity contribution in [3.63, 3.8) is 0 Å². The van der Waals surface area contributed by atoms with Crippen LogP contribution >= 0.6 is 11.6 Å². The third-order valence-electron chi connectivity index (χ3n) is 2.34. The molecule has 0 amide bonds. The van der Waals surface area contributed by atoms with E-state index in [0.29, 0.717) is 17.1 Å². The topological polar surface area (TPSA) is 53.6 Å². The number of aromatic nitrogens is 2. The van der Waals surface area contributed by atoms with Crippen LogP contribution in [-0.2, 0) is 13.6 Å². The Morgan fingerprint density at radius 1 is 1.53 bits per heavy atom. The molecule has 2 aromatic rings. The highest BCUT2D eigenvalue weighted by molar-refractivity contribution is 6.33. The average molecular weight is 247 g/mol. The summed E-state index contributed by atoms with van der Waals surface area (Å²) in [6.07, 6.45) is 3.71. The monoisotopic (exact) mass is 246 g/mol. The minimum Gasteiger partial charge on any atom is -0.380 e. The molecular formula is C12H11ClN4. The number of halogens is 1. The maximum absolute atomic E-state index is 8.81. The van der Waals surface area contributed by atoms with Crippen LogP contribution in [0.4, 0.5) is 5.69 Å². The van der Waals surface area contributed by atoms with Gasteiger partial charge >= 0.3 is 0 Å². The van der Waals surface area contributed by atoms with Crippen LogP contribution in [-0.4, -0.2) is 9.78 Å². The highest BCUT2D eigenvalue weighted by atomic mass is 35.5. The zero-order valence-corrected chi connectivity index (χ0v) is 10.1. The van der Waals surface area contributed by atoms with E-state index >= 15 is 0 Å². The molecule has 0 aliphatic carbocycles. The van der Waals surface area contributed by atoms with Gasteiger partial charge in [0, 0.05) is 25.4 Å². The van der Waals surface area contributed by atoms with Crippen LogP contribution in [0.1, 0.15) is 11.1 Å². The van der Waals surface area contributed by atoms with Gasteiger partial charge in [-0.05, 0) is 18.2 Å². The Morgan fingerprint density at radius 3 is 3.00 bits per heavy atom. The number of benzene rings is 1. The van der Waals surface area contributed by atoms with Crippen LogP contribution in [0, 0.1) is 11.3 Å². The van der Waals surface area contributed by atoms with Crippen LogP contribution in [0.2, 0.25) is 5.02 Å². The third-order valence-corrected chi connectivity index (χ3v) is 2.67. The van der Waals surface area contributed by atoms with E-state index in [0.717, 1.165) is 11.3 Å². The van der Waals surface area contributed by atoms with E-state index in [-0.39, 0.29) is 0 Å². The Labute approximate surface area is 104 Å². The van der Waals surface area contributed by atoms with Crippen molar-refractivity contribution in [2.45, 2.75) is 6.54 Å². The van der Waals surface area contributed by atoms with E-state index in [9.17, 15) is 0 Å². The largest absolute Gasteiger partial charge is 0.380 e. The highest BCUT2D eigenvalue weighted by Gasteiger charge is 2.02.